The van der Waals surface area contributed by atoms with Crippen LogP contribution in [0.4, 0.5) is 0 Å². The number of aromatic nitrogens is 8. The van der Waals surface area contributed by atoms with Crippen LogP contribution in [0.2, 0.25) is 0 Å². The number of aromatic amines is 2. The molecule has 0 aromatic carbocycles. The molecule has 6 aromatic rings. The lowest BCUT2D eigenvalue weighted by Gasteiger charge is -2.05. The van der Waals surface area contributed by atoms with Crippen molar-refractivity contribution in [3.63, 3.8) is 0 Å². The maximum Gasteiger partial charge on any atom is 0.178 e. The van der Waals surface area contributed by atoms with Crippen molar-refractivity contribution in [3.8, 4) is 33.9 Å². The summed E-state index contributed by atoms with van der Waals surface area (Å²) in [5.74, 6) is 0.640. The zero-order chi connectivity index (χ0) is 22.9. The van der Waals surface area contributed by atoms with Gasteiger partial charge >= 0.3 is 0 Å². The lowest BCUT2D eigenvalue weighted by Crippen LogP contribution is -2.11. The topological polar surface area (TPSA) is 121 Å². The summed E-state index contributed by atoms with van der Waals surface area (Å²) in [6.45, 7) is 3.75. The first-order valence-electron chi connectivity index (χ1n) is 11.0. The molecule has 0 fully saturated rings. The van der Waals surface area contributed by atoms with E-state index in [-0.39, 0.29) is 0 Å². The standard InChI is InChI=1S/C25H21N9/c1-2-26-10-15-8-17(13-28-11-15)20-9-19-21(14-30-20)33-34-23(19)25-31-22-18(5-7-29-24(22)32-25)16-4-3-6-27-12-16/h3-9,11-14,26H,2,10H2,1H3,(H,33,34)(H,29,31,32). The minimum Gasteiger partial charge on any atom is -0.335 e. The summed E-state index contributed by atoms with van der Waals surface area (Å²) in [4.78, 5) is 25.9. The Labute approximate surface area is 194 Å². The van der Waals surface area contributed by atoms with Gasteiger partial charge < -0.3 is 10.3 Å². The summed E-state index contributed by atoms with van der Waals surface area (Å²) >= 11 is 0. The highest BCUT2D eigenvalue weighted by molar-refractivity contribution is 5.96. The fourth-order valence-electron chi connectivity index (χ4n) is 4.03. The molecule has 0 bridgehead atoms. The monoisotopic (exact) mass is 447 g/mol. The molecule has 0 radical (unpaired) electrons. The third-order valence-corrected chi connectivity index (χ3v) is 5.71. The molecule has 6 heterocycles. The molecule has 0 amide bonds. The van der Waals surface area contributed by atoms with Gasteiger partial charge in [-0.05, 0) is 36.4 Å². The van der Waals surface area contributed by atoms with Gasteiger partial charge in [-0.25, -0.2) is 9.97 Å². The van der Waals surface area contributed by atoms with Crippen molar-refractivity contribution in [2.45, 2.75) is 13.5 Å². The molecule has 0 aliphatic carbocycles. The SMILES string of the molecule is CCNCc1cncc(-c2cc3c(-c4nc5nccc(-c6cccnc6)c5[nH]4)n[nH]c3cn2)c1. The average molecular weight is 448 g/mol. The maximum atomic E-state index is 4.73. The van der Waals surface area contributed by atoms with Crippen molar-refractivity contribution >= 4 is 22.1 Å². The lowest BCUT2D eigenvalue weighted by atomic mass is 10.1. The van der Waals surface area contributed by atoms with Crippen LogP contribution in [-0.4, -0.2) is 46.6 Å². The largest absolute Gasteiger partial charge is 0.335 e. The van der Waals surface area contributed by atoms with Crippen LogP contribution in [0.3, 0.4) is 0 Å². The van der Waals surface area contributed by atoms with Crippen molar-refractivity contribution in [1.29, 1.82) is 0 Å². The molecule has 0 aliphatic heterocycles. The molecular weight excluding hydrogens is 426 g/mol. The summed E-state index contributed by atoms with van der Waals surface area (Å²) in [7, 11) is 0. The number of nitrogens with zero attached hydrogens (tertiary/aromatic N) is 6. The first-order valence-corrected chi connectivity index (χ1v) is 11.0. The van der Waals surface area contributed by atoms with E-state index in [9.17, 15) is 0 Å². The Kier molecular flexibility index (Phi) is 5.00. The fourth-order valence-corrected chi connectivity index (χ4v) is 4.03. The van der Waals surface area contributed by atoms with Crippen molar-refractivity contribution in [2.24, 2.45) is 0 Å². The molecule has 0 saturated heterocycles. The second-order valence-electron chi connectivity index (χ2n) is 7.93. The smallest absolute Gasteiger partial charge is 0.178 e. The van der Waals surface area contributed by atoms with E-state index in [4.69, 9.17) is 4.98 Å². The summed E-state index contributed by atoms with van der Waals surface area (Å²) in [6.07, 6.45) is 10.8. The minimum absolute atomic E-state index is 0.627. The first-order chi connectivity index (χ1) is 16.8. The van der Waals surface area contributed by atoms with Crippen LogP contribution in [0, 0.1) is 0 Å². The molecule has 6 aromatic heterocycles. The molecule has 6 rings (SSSR count). The van der Waals surface area contributed by atoms with E-state index in [0.717, 1.165) is 57.5 Å². The zero-order valence-corrected chi connectivity index (χ0v) is 18.4. The fraction of sp³-hybridized carbons (Fsp3) is 0.120. The summed E-state index contributed by atoms with van der Waals surface area (Å²) in [5, 5.41) is 11.8. The van der Waals surface area contributed by atoms with Crippen molar-refractivity contribution in [3.05, 3.63) is 73.1 Å². The molecule has 9 heteroatoms. The van der Waals surface area contributed by atoms with Crippen LogP contribution in [0.1, 0.15) is 12.5 Å². The van der Waals surface area contributed by atoms with E-state index >= 15 is 0 Å². The number of pyridine rings is 4. The van der Waals surface area contributed by atoms with Gasteiger partial charge in [-0.1, -0.05) is 13.0 Å². The van der Waals surface area contributed by atoms with Gasteiger partial charge in [-0.15, -0.1) is 0 Å². The number of fused-ring (bicyclic) bond motifs is 2. The third kappa shape index (κ3) is 3.57. The van der Waals surface area contributed by atoms with E-state index in [2.05, 4.69) is 53.4 Å². The van der Waals surface area contributed by atoms with Crippen LogP contribution >= 0.6 is 0 Å². The van der Waals surface area contributed by atoms with Crippen molar-refractivity contribution < 1.29 is 0 Å². The normalized spacial score (nSPS) is 11.4. The number of imidazole rings is 1. The van der Waals surface area contributed by atoms with Gasteiger partial charge in [-0.3, -0.25) is 20.1 Å². The zero-order valence-electron chi connectivity index (χ0n) is 18.4. The highest BCUT2D eigenvalue weighted by Gasteiger charge is 2.17. The van der Waals surface area contributed by atoms with Crippen LogP contribution in [-0.2, 0) is 6.54 Å². The van der Waals surface area contributed by atoms with Gasteiger partial charge in [0.15, 0.2) is 11.5 Å². The summed E-state index contributed by atoms with van der Waals surface area (Å²) < 4.78 is 0. The minimum atomic E-state index is 0.627. The highest BCUT2D eigenvalue weighted by atomic mass is 15.1. The van der Waals surface area contributed by atoms with E-state index in [0.29, 0.717) is 17.2 Å². The number of hydrogen-bond acceptors (Lipinski definition) is 7. The maximum absolute atomic E-state index is 4.73. The van der Waals surface area contributed by atoms with Crippen molar-refractivity contribution in [1.82, 2.24) is 45.4 Å². The molecule has 9 nitrogen and oxygen atoms in total. The second-order valence-corrected chi connectivity index (χ2v) is 7.93. The number of H-pyrrole nitrogens is 2. The Morgan fingerprint density at radius 1 is 0.941 bits per heavy atom. The molecule has 34 heavy (non-hydrogen) atoms. The predicted molar refractivity (Wildman–Crippen MR) is 131 cm³/mol. The predicted octanol–water partition coefficient (Wildman–Crippen LogP) is 4.13. The van der Waals surface area contributed by atoms with E-state index in [1.54, 1.807) is 18.6 Å². The quantitative estimate of drug-likeness (QED) is 0.351. The van der Waals surface area contributed by atoms with Gasteiger partial charge in [0.2, 0.25) is 0 Å². The molecule has 0 unspecified atom stereocenters. The van der Waals surface area contributed by atoms with Gasteiger partial charge in [0.25, 0.3) is 0 Å². The Morgan fingerprint density at radius 3 is 2.76 bits per heavy atom. The Balaban J connectivity index is 1.44. The van der Waals surface area contributed by atoms with Gasteiger partial charge in [0.1, 0.15) is 5.69 Å². The molecule has 166 valence electrons. The first kappa shape index (κ1) is 20.1. The Hall–Kier alpha value is -4.50. The number of hydrogen-bond donors (Lipinski definition) is 3. The molecule has 0 saturated carbocycles. The molecule has 0 aliphatic rings. The van der Waals surface area contributed by atoms with Gasteiger partial charge in [-0.2, -0.15) is 5.10 Å². The molecule has 0 spiro atoms. The number of rotatable bonds is 6. The number of nitrogens with one attached hydrogen (secondary N) is 3. The lowest BCUT2D eigenvalue weighted by molar-refractivity contribution is 0.724. The molecule has 0 atom stereocenters. The molecular formula is C25H21N9. The van der Waals surface area contributed by atoms with E-state index in [1.807, 2.05) is 42.9 Å². The average Bonchev–Trinajstić information content (AvgIpc) is 3.51. The summed E-state index contributed by atoms with van der Waals surface area (Å²) in [5.41, 5.74) is 7.89. The Morgan fingerprint density at radius 2 is 1.88 bits per heavy atom. The Bertz CT molecular complexity index is 1600. The van der Waals surface area contributed by atoms with Crippen molar-refractivity contribution in [2.75, 3.05) is 6.54 Å². The summed E-state index contributed by atoms with van der Waals surface area (Å²) in [6, 6.07) is 10.0. The van der Waals surface area contributed by atoms with E-state index < -0.39 is 0 Å². The third-order valence-electron chi connectivity index (χ3n) is 5.71. The van der Waals surface area contributed by atoms with Crippen LogP contribution in [0.15, 0.2) is 67.5 Å². The highest BCUT2D eigenvalue weighted by Crippen LogP contribution is 2.31. The van der Waals surface area contributed by atoms with Gasteiger partial charge in [0.05, 0.1) is 22.9 Å². The van der Waals surface area contributed by atoms with Gasteiger partial charge in [0, 0.05) is 59.6 Å². The van der Waals surface area contributed by atoms with Crippen LogP contribution < -0.4 is 5.32 Å². The second kappa shape index (κ2) is 8.45. The van der Waals surface area contributed by atoms with Crippen LogP contribution in [0.25, 0.3) is 56.0 Å². The van der Waals surface area contributed by atoms with Crippen LogP contribution in [0.5, 0.6) is 0 Å². The van der Waals surface area contributed by atoms with E-state index in [1.165, 1.54) is 0 Å². The molecule has 3 N–H and O–H groups in total.